The van der Waals surface area contributed by atoms with Crippen molar-refractivity contribution in [2.75, 3.05) is 6.54 Å². The number of rotatable bonds is 13. The summed E-state index contributed by atoms with van der Waals surface area (Å²) in [6.45, 7) is 1.87. The molecule has 0 aliphatic heterocycles. The topological polar surface area (TPSA) is 88.4 Å². The average molecular weight is 712 g/mol. The number of hydrogen-bond acceptors (Lipinski definition) is 3. The van der Waals surface area contributed by atoms with Crippen molar-refractivity contribution in [1.29, 1.82) is 0 Å². The summed E-state index contributed by atoms with van der Waals surface area (Å²) < 4.78 is 32.2. The zero-order valence-electron chi connectivity index (χ0n) is 26.9. The Labute approximate surface area is 297 Å². The molecule has 5 aromatic carbocycles. The molecule has 6 aromatic rings. The van der Waals surface area contributed by atoms with Gasteiger partial charge in [0.05, 0.1) is 16.5 Å². The summed E-state index contributed by atoms with van der Waals surface area (Å²) >= 11 is 12.9. The molecule has 0 saturated heterocycles. The van der Waals surface area contributed by atoms with Crippen LogP contribution in [0.15, 0.2) is 126 Å². The molecular weight excluding hydrogens is 675 g/mol. The van der Waals surface area contributed by atoms with Gasteiger partial charge >= 0.3 is 5.97 Å². The zero-order chi connectivity index (χ0) is 34.5. The summed E-state index contributed by atoms with van der Waals surface area (Å²) in [6.07, 6.45) is 2.66. The van der Waals surface area contributed by atoms with Gasteiger partial charge in [0.1, 0.15) is 0 Å². The van der Waals surface area contributed by atoms with Crippen LogP contribution in [0.3, 0.4) is 0 Å². The number of nitrogens with one attached hydrogen (secondary N) is 1. The van der Waals surface area contributed by atoms with Gasteiger partial charge in [0.2, 0.25) is 10.0 Å². The molecule has 0 bridgehead atoms. The Kier molecular flexibility index (Phi) is 10.6. The van der Waals surface area contributed by atoms with E-state index < -0.39 is 16.0 Å². The molecule has 9 heteroatoms. The van der Waals surface area contributed by atoms with E-state index in [-0.39, 0.29) is 23.0 Å². The number of carbonyl (C=O) groups is 1. The smallest absolute Gasteiger partial charge is 0.335 e. The molecule has 0 radical (unpaired) electrons. The normalized spacial score (nSPS) is 11.8. The second-order valence-electron chi connectivity index (χ2n) is 12.0. The van der Waals surface area contributed by atoms with Crippen molar-refractivity contribution in [3.05, 3.63) is 170 Å². The van der Waals surface area contributed by atoms with Crippen LogP contribution in [0.25, 0.3) is 10.9 Å². The third kappa shape index (κ3) is 7.61. The molecule has 0 atom stereocenters. The Balaban J connectivity index is 1.44. The Hall–Kier alpha value is -4.40. The van der Waals surface area contributed by atoms with Crippen molar-refractivity contribution >= 4 is 50.1 Å². The molecule has 0 amide bonds. The first-order valence-corrected chi connectivity index (χ1v) is 18.4. The van der Waals surface area contributed by atoms with Gasteiger partial charge < -0.3 is 9.67 Å². The van der Waals surface area contributed by atoms with Crippen LogP contribution in [0.5, 0.6) is 0 Å². The molecular formula is C40H36Cl2N2O4S. The number of fused-ring (bicyclic) bond motifs is 1. The van der Waals surface area contributed by atoms with Crippen molar-refractivity contribution in [3.8, 4) is 0 Å². The Morgan fingerprint density at radius 3 is 2.08 bits per heavy atom. The number of sulfonamides is 1. The van der Waals surface area contributed by atoms with E-state index >= 15 is 0 Å². The second-order valence-corrected chi connectivity index (χ2v) is 14.6. The second kappa shape index (κ2) is 15.0. The number of aromatic nitrogens is 1. The SMILES string of the molecule is Cc1c(Cl)cccc1S(=O)(=O)NCCc1c(CCCc2ccc(C(=O)O)cc2)c2cc(Cl)ccc2n1C(c1ccccc1)c1ccccc1. The van der Waals surface area contributed by atoms with Gasteiger partial charge in [-0.3, -0.25) is 0 Å². The predicted molar refractivity (Wildman–Crippen MR) is 198 cm³/mol. The predicted octanol–water partition coefficient (Wildman–Crippen LogP) is 9.29. The largest absolute Gasteiger partial charge is 0.478 e. The highest BCUT2D eigenvalue weighted by atomic mass is 35.5. The van der Waals surface area contributed by atoms with Crippen molar-refractivity contribution in [1.82, 2.24) is 9.29 Å². The lowest BCUT2D eigenvalue weighted by atomic mass is 9.97. The minimum absolute atomic E-state index is 0.160. The lowest BCUT2D eigenvalue weighted by Crippen LogP contribution is -2.28. The number of benzene rings is 5. The molecule has 0 unspecified atom stereocenters. The number of carboxylic acid groups (broad SMARTS) is 1. The number of aromatic carboxylic acids is 1. The average Bonchev–Trinajstić information content (AvgIpc) is 3.38. The summed E-state index contributed by atoms with van der Waals surface area (Å²) in [4.78, 5) is 11.5. The monoisotopic (exact) mass is 710 g/mol. The highest BCUT2D eigenvalue weighted by Crippen LogP contribution is 2.38. The number of halogens is 2. The Morgan fingerprint density at radius 2 is 1.45 bits per heavy atom. The molecule has 49 heavy (non-hydrogen) atoms. The van der Waals surface area contributed by atoms with E-state index in [4.69, 9.17) is 23.2 Å². The van der Waals surface area contributed by atoms with Gasteiger partial charge in [0.25, 0.3) is 0 Å². The molecule has 0 saturated carbocycles. The molecule has 0 spiro atoms. The molecule has 2 N–H and O–H groups in total. The van der Waals surface area contributed by atoms with Crippen molar-refractivity contribution in [3.63, 3.8) is 0 Å². The quantitative estimate of drug-likeness (QED) is 0.125. The van der Waals surface area contributed by atoms with Gasteiger partial charge in [0, 0.05) is 39.6 Å². The maximum Gasteiger partial charge on any atom is 0.335 e. The maximum atomic E-state index is 13.5. The summed E-state index contributed by atoms with van der Waals surface area (Å²) in [6, 6.07) is 38.2. The molecule has 1 aromatic heterocycles. The van der Waals surface area contributed by atoms with Crippen molar-refractivity contribution in [2.24, 2.45) is 0 Å². The van der Waals surface area contributed by atoms with Gasteiger partial charge in [-0.25, -0.2) is 17.9 Å². The van der Waals surface area contributed by atoms with Crippen molar-refractivity contribution < 1.29 is 18.3 Å². The zero-order valence-corrected chi connectivity index (χ0v) is 29.3. The Morgan fingerprint density at radius 1 is 0.796 bits per heavy atom. The molecule has 6 rings (SSSR count). The van der Waals surface area contributed by atoms with E-state index in [1.165, 1.54) is 0 Å². The van der Waals surface area contributed by atoms with Crippen LogP contribution >= 0.6 is 23.2 Å². The summed E-state index contributed by atoms with van der Waals surface area (Å²) in [5.74, 6) is -0.951. The standard InChI is InChI=1S/C40H36Cl2N2O4S/c1-27-35(42)16-9-17-38(27)49(47,48)43-25-24-37-33(15-8-10-28-18-20-31(21-19-28)40(45)46)34-26-32(41)22-23-36(34)44(37)39(29-11-4-2-5-12-29)30-13-6-3-7-14-30/h2-7,9,11-14,16-23,26,39,43H,8,10,15,24-25H2,1H3,(H,45,46). The van der Waals surface area contributed by atoms with E-state index in [1.807, 2.05) is 66.7 Å². The first kappa shape index (κ1) is 34.5. The molecule has 1 heterocycles. The van der Waals surface area contributed by atoms with Crippen LogP contribution in [0.4, 0.5) is 0 Å². The van der Waals surface area contributed by atoms with E-state index in [9.17, 15) is 18.3 Å². The van der Waals surface area contributed by atoms with Crippen LogP contribution in [0.2, 0.25) is 10.0 Å². The third-order valence-corrected chi connectivity index (χ3v) is 11.2. The fraction of sp³-hybridized carbons (Fsp3) is 0.175. The molecule has 0 fully saturated rings. The van der Waals surface area contributed by atoms with Crippen LogP contribution in [0.1, 0.15) is 56.3 Å². The van der Waals surface area contributed by atoms with Gasteiger partial charge in [-0.15, -0.1) is 0 Å². The van der Waals surface area contributed by atoms with Gasteiger partial charge in [0.15, 0.2) is 0 Å². The lowest BCUT2D eigenvalue weighted by molar-refractivity contribution is 0.0697. The van der Waals surface area contributed by atoms with E-state index in [1.54, 1.807) is 37.3 Å². The van der Waals surface area contributed by atoms with Crippen LogP contribution in [-0.2, 0) is 29.3 Å². The highest BCUT2D eigenvalue weighted by molar-refractivity contribution is 7.89. The minimum Gasteiger partial charge on any atom is -0.478 e. The Bertz CT molecular complexity index is 2160. The molecule has 0 aliphatic rings. The number of hydrogen-bond donors (Lipinski definition) is 2. The van der Waals surface area contributed by atoms with E-state index in [0.29, 0.717) is 28.5 Å². The fourth-order valence-corrected chi connectivity index (χ4v) is 8.26. The van der Waals surface area contributed by atoms with Gasteiger partial charge in [-0.2, -0.15) is 0 Å². The summed E-state index contributed by atoms with van der Waals surface area (Å²) in [7, 11) is -3.84. The molecule has 0 aliphatic carbocycles. The van der Waals surface area contributed by atoms with Crippen molar-refractivity contribution in [2.45, 2.75) is 43.5 Å². The molecule has 250 valence electrons. The van der Waals surface area contributed by atoms with E-state index in [2.05, 4.69) is 33.6 Å². The van der Waals surface area contributed by atoms with E-state index in [0.717, 1.165) is 51.7 Å². The third-order valence-electron chi connectivity index (χ3n) is 8.93. The summed E-state index contributed by atoms with van der Waals surface area (Å²) in [5, 5.41) is 11.4. The van der Waals surface area contributed by atoms with Gasteiger partial charge in [-0.1, -0.05) is 102 Å². The lowest BCUT2D eigenvalue weighted by Gasteiger charge is -2.25. The van der Waals surface area contributed by atoms with Crippen LogP contribution < -0.4 is 4.72 Å². The number of carboxylic acids is 1. The first-order valence-electron chi connectivity index (χ1n) is 16.1. The van der Waals surface area contributed by atoms with Crippen LogP contribution in [-0.4, -0.2) is 30.6 Å². The number of aryl methyl sites for hydroxylation is 2. The number of nitrogens with zero attached hydrogens (tertiary/aromatic N) is 1. The summed E-state index contributed by atoms with van der Waals surface area (Å²) in [5.41, 5.74) is 7.13. The fourth-order valence-electron chi connectivity index (χ4n) is 6.56. The van der Waals surface area contributed by atoms with Crippen LogP contribution in [0, 0.1) is 6.92 Å². The molecule has 6 nitrogen and oxygen atoms in total. The first-order chi connectivity index (χ1) is 23.6. The minimum atomic E-state index is -3.84. The highest BCUT2D eigenvalue weighted by Gasteiger charge is 2.26. The van der Waals surface area contributed by atoms with Gasteiger partial charge in [-0.05, 0) is 96.5 Å². The maximum absolute atomic E-state index is 13.5.